The summed E-state index contributed by atoms with van der Waals surface area (Å²) >= 11 is 4.31. The molecule has 0 saturated carbocycles. The summed E-state index contributed by atoms with van der Waals surface area (Å²) in [6, 6.07) is 25.2. The van der Waals surface area contributed by atoms with Gasteiger partial charge in [-0.15, -0.1) is 32.9 Å². The molecule has 218 valence electrons. The summed E-state index contributed by atoms with van der Waals surface area (Å²) in [5, 5.41) is 22.6. The molecule has 0 fully saturated rings. The number of amides is 2. The first-order valence-corrected chi connectivity index (χ1v) is 16.3. The second kappa shape index (κ2) is 13.4. The van der Waals surface area contributed by atoms with Crippen LogP contribution < -0.4 is 10.1 Å². The molecule has 0 aliphatic carbocycles. The molecule has 1 aliphatic rings. The van der Waals surface area contributed by atoms with Gasteiger partial charge in [-0.2, -0.15) is 5.10 Å². The topological polar surface area (TPSA) is 102 Å². The minimum Gasteiger partial charge on any atom is -0.497 e. The van der Waals surface area contributed by atoms with Crippen LogP contribution in [0.2, 0.25) is 0 Å². The first kappa shape index (κ1) is 28.8. The molecule has 3 aromatic heterocycles. The number of rotatable bonds is 11. The lowest BCUT2D eigenvalue weighted by Gasteiger charge is -2.22. The van der Waals surface area contributed by atoms with Gasteiger partial charge in [0.05, 0.1) is 47.5 Å². The number of carbonyl (C=O) groups excluding carboxylic acids is 2. The van der Waals surface area contributed by atoms with E-state index in [-0.39, 0.29) is 30.2 Å². The molecule has 0 spiro atoms. The summed E-state index contributed by atoms with van der Waals surface area (Å²) in [7, 11) is 1.63. The van der Waals surface area contributed by atoms with E-state index in [1.54, 1.807) is 29.5 Å². The van der Waals surface area contributed by atoms with E-state index in [1.165, 1.54) is 23.1 Å². The van der Waals surface area contributed by atoms with Crippen LogP contribution in [-0.2, 0) is 17.9 Å². The Labute approximate surface area is 261 Å². The third-order valence-electron chi connectivity index (χ3n) is 6.93. The zero-order chi connectivity index (χ0) is 29.6. The van der Waals surface area contributed by atoms with Crippen molar-refractivity contribution in [2.24, 2.45) is 5.10 Å². The first-order chi connectivity index (χ1) is 21.1. The summed E-state index contributed by atoms with van der Waals surface area (Å²) in [6.07, 6.45) is 0.627. The van der Waals surface area contributed by atoms with Gasteiger partial charge in [-0.05, 0) is 46.2 Å². The molecule has 12 heteroatoms. The van der Waals surface area contributed by atoms with E-state index >= 15 is 0 Å². The maximum atomic E-state index is 13.7. The highest BCUT2D eigenvalue weighted by Gasteiger charge is 2.33. The molecule has 2 aromatic carbocycles. The van der Waals surface area contributed by atoms with Crippen molar-refractivity contribution < 1.29 is 14.3 Å². The molecular formula is C31H28N6O3S3. The highest BCUT2D eigenvalue weighted by atomic mass is 32.2. The van der Waals surface area contributed by atoms with Crippen LogP contribution in [0.4, 0.5) is 0 Å². The van der Waals surface area contributed by atoms with Crippen LogP contribution in [0.5, 0.6) is 5.75 Å². The smallest absolute Gasteiger partial charge is 0.261 e. The van der Waals surface area contributed by atoms with Gasteiger partial charge in [0, 0.05) is 6.42 Å². The zero-order valence-electron chi connectivity index (χ0n) is 23.3. The summed E-state index contributed by atoms with van der Waals surface area (Å²) in [5.74, 6) is 1.21. The minimum atomic E-state index is -0.221. The van der Waals surface area contributed by atoms with Gasteiger partial charge in [0.15, 0.2) is 11.0 Å². The predicted octanol–water partition coefficient (Wildman–Crippen LogP) is 5.86. The minimum absolute atomic E-state index is 0.126. The molecule has 0 bridgehead atoms. The van der Waals surface area contributed by atoms with Gasteiger partial charge in [0.1, 0.15) is 5.75 Å². The van der Waals surface area contributed by atoms with E-state index in [0.29, 0.717) is 28.8 Å². The normalized spacial score (nSPS) is 14.5. The largest absolute Gasteiger partial charge is 0.497 e. The number of nitrogens with zero attached hydrogens (tertiary/aromatic N) is 5. The molecule has 5 aromatic rings. The first-order valence-electron chi connectivity index (χ1n) is 13.6. The molecule has 1 atom stereocenters. The van der Waals surface area contributed by atoms with Gasteiger partial charge in [-0.1, -0.05) is 66.4 Å². The van der Waals surface area contributed by atoms with Gasteiger partial charge in [0.25, 0.3) is 11.8 Å². The standard InChI is InChI=1S/C31H28N6O3S3/c1-40-23-13-11-22(12-14-23)25-17-24(26-9-5-15-41-26)35-37(25)29(38)20-43-31-34-33-28(18-32-30(39)27-10-6-16-42-27)36(31)19-21-7-3-2-4-8-21/h2-16,25H,17-20H2,1H3,(H,32,39). The van der Waals surface area contributed by atoms with Crippen molar-refractivity contribution in [2.45, 2.75) is 30.7 Å². The van der Waals surface area contributed by atoms with Crippen molar-refractivity contribution in [3.05, 3.63) is 116 Å². The fraction of sp³-hybridized carbons (Fsp3) is 0.194. The zero-order valence-corrected chi connectivity index (χ0v) is 25.7. The molecule has 9 nitrogen and oxygen atoms in total. The van der Waals surface area contributed by atoms with E-state index in [4.69, 9.17) is 9.84 Å². The number of hydrogen-bond acceptors (Lipinski definition) is 9. The lowest BCUT2D eigenvalue weighted by Crippen LogP contribution is -2.28. The van der Waals surface area contributed by atoms with E-state index in [1.807, 2.05) is 88.1 Å². The number of benzene rings is 2. The van der Waals surface area contributed by atoms with Crippen molar-refractivity contribution >= 4 is 52.0 Å². The Balaban J connectivity index is 1.21. The Hall–Kier alpha value is -4.26. The molecule has 4 heterocycles. The van der Waals surface area contributed by atoms with Gasteiger partial charge in [-0.25, -0.2) is 5.01 Å². The summed E-state index contributed by atoms with van der Waals surface area (Å²) in [4.78, 5) is 28.0. The Kier molecular flexibility index (Phi) is 8.96. The number of methoxy groups -OCH3 is 1. The molecule has 6 rings (SSSR count). The Morgan fingerprint density at radius 3 is 2.49 bits per heavy atom. The average molecular weight is 629 g/mol. The van der Waals surface area contributed by atoms with Crippen molar-refractivity contribution in [1.29, 1.82) is 0 Å². The third kappa shape index (κ3) is 6.71. The number of nitrogens with one attached hydrogen (secondary N) is 1. The molecule has 0 saturated heterocycles. The number of ether oxygens (including phenoxy) is 1. The van der Waals surface area contributed by atoms with Crippen LogP contribution in [0.3, 0.4) is 0 Å². The van der Waals surface area contributed by atoms with Crippen molar-refractivity contribution in [3.8, 4) is 5.75 Å². The molecular weight excluding hydrogens is 601 g/mol. The fourth-order valence-electron chi connectivity index (χ4n) is 4.75. The number of thiophene rings is 2. The highest BCUT2D eigenvalue weighted by molar-refractivity contribution is 7.99. The molecule has 1 unspecified atom stereocenters. The summed E-state index contributed by atoms with van der Waals surface area (Å²) < 4.78 is 7.28. The number of carbonyl (C=O) groups is 2. The quantitative estimate of drug-likeness (QED) is 0.184. The lowest BCUT2D eigenvalue weighted by atomic mass is 10.0. The lowest BCUT2D eigenvalue weighted by molar-refractivity contribution is -0.130. The van der Waals surface area contributed by atoms with Gasteiger partial charge in [0.2, 0.25) is 0 Å². The molecule has 2 amide bonds. The van der Waals surface area contributed by atoms with Gasteiger partial charge >= 0.3 is 0 Å². The Morgan fingerprint density at radius 1 is 0.977 bits per heavy atom. The number of thioether (sulfide) groups is 1. The Morgan fingerprint density at radius 2 is 1.77 bits per heavy atom. The van der Waals surface area contributed by atoms with Crippen LogP contribution in [-0.4, -0.2) is 50.2 Å². The van der Waals surface area contributed by atoms with Crippen LogP contribution in [0.1, 0.15) is 44.0 Å². The van der Waals surface area contributed by atoms with Crippen molar-refractivity contribution in [3.63, 3.8) is 0 Å². The molecule has 1 aliphatic heterocycles. The predicted molar refractivity (Wildman–Crippen MR) is 170 cm³/mol. The van der Waals surface area contributed by atoms with Gasteiger partial charge < -0.3 is 14.6 Å². The summed E-state index contributed by atoms with van der Waals surface area (Å²) in [6.45, 7) is 0.721. The van der Waals surface area contributed by atoms with Gasteiger partial charge in [-0.3, -0.25) is 9.59 Å². The average Bonchev–Trinajstić information content (AvgIpc) is 3.87. The van der Waals surface area contributed by atoms with E-state index in [0.717, 1.165) is 27.5 Å². The second-order valence-corrected chi connectivity index (χ2v) is 12.5. The monoisotopic (exact) mass is 628 g/mol. The maximum absolute atomic E-state index is 13.7. The number of hydrazone groups is 1. The van der Waals surface area contributed by atoms with Crippen molar-refractivity contribution in [2.75, 3.05) is 12.9 Å². The van der Waals surface area contributed by atoms with Crippen LogP contribution >= 0.6 is 34.4 Å². The van der Waals surface area contributed by atoms with E-state index in [2.05, 4.69) is 15.5 Å². The third-order valence-corrected chi connectivity index (χ3v) is 9.66. The van der Waals surface area contributed by atoms with Crippen LogP contribution in [0, 0.1) is 0 Å². The maximum Gasteiger partial charge on any atom is 0.261 e. The van der Waals surface area contributed by atoms with E-state index < -0.39 is 0 Å². The number of aromatic nitrogens is 3. The van der Waals surface area contributed by atoms with Crippen LogP contribution in [0.25, 0.3) is 0 Å². The number of hydrogen-bond donors (Lipinski definition) is 1. The second-order valence-electron chi connectivity index (χ2n) is 9.67. The molecule has 1 N–H and O–H groups in total. The van der Waals surface area contributed by atoms with E-state index in [9.17, 15) is 9.59 Å². The fourth-order valence-corrected chi connectivity index (χ4v) is 6.92. The highest BCUT2D eigenvalue weighted by Crippen LogP contribution is 2.35. The van der Waals surface area contributed by atoms with Crippen LogP contribution in [0.15, 0.2) is 99.9 Å². The SMILES string of the molecule is COc1ccc(C2CC(c3cccs3)=NN2C(=O)CSc2nnc(CNC(=O)c3cccs3)n2Cc2ccccc2)cc1. The van der Waals surface area contributed by atoms with Crippen molar-refractivity contribution in [1.82, 2.24) is 25.1 Å². The Bertz CT molecular complexity index is 1700. The molecule has 0 radical (unpaired) electrons. The summed E-state index contributed by atoms with van der Waals surface area (Å²) in [5.41, 5.74) is 2.95. The molecule has 43 heavy (non-hydrogen) atoms.